The number of aromatic nitrogens is 4. The van der Waals surface area contributed by atoms with Crippen molar-refractivity contribution in [2.24, 2.45) is 11.3 Å². The standard InChI is InChI=1S/C30H38N6O5S/c1-29(2)19-21-7-4-5-17-40-24-8-6-9-26(32-24)42(38,39)34-28(37)22-10-11-23(31-27(22)35(29)20-21)36-16-12-25(33-36)41-18-15-30(3)13-14-30/h6,8-12,16,21H,4-5,7,13-15,17-20H2,1-3H3,(H,34,37). The molecule has 4 bridgehead atoms. The molecule has 3 aromatic heterocycles. The molecular formula is C30H38N6O5S. The summed E-state index contributed by atoms with van der Waals surface area (Å²) in [7, 11) is -4.27. The molecule has 1 saturated carbocycles. The van der Waals surface area contributed by atoms with Gasteiger partial charge in [-0.2, -0.15) is 13.4 Å². The van der Waals surface area contributed by atoms with Gasteiger partial charge in [0, 0.05) is 30.4 Å². The molecule has 6 rings (SSSR count). The minimum Gasteiger partial charge on any atom is -0.478 e. The van der Waals surface area contributed by atoms with Gasteiger partial charge in [0.25, 0.3) is 15.9 Å². The van der Waals surface area contributed by atoms with Crippen LogP contribution in [-0.2, 0) is 10.0 Å². The van der Waals surface area contributed by atoms with Crippen LogP contribution in [0.25, 0.3) is 5.82 Å². The number of pyridine rings is 2. The second kappa shape index (κ2) is 10.9. The van der Waals surface area contributed by atoms with Crippen LogP contribution in [0.3, 0.4) is 0 Å². The molecule has 2 fully saturated rings. The van der Waals surface area contributed by atoms with Crippen molar-refractivity contribution in [1.29, 1.82) is 0 Å². The maximum atomic E-state index is 13.6. The molecular weight excluding hydrogens is 556 g/mol. The number of carbonyl (C=O) groups excluding carboxylic acids is 1. The molecule has 12 heteroatoms. The number of amides is 1. The average molecular weight is 595 g/mol. The fourth-order valence-corrected chi connectivity index (χ4v) is 6.77. The Morgan fingerprint density at radius 3 is 2.74 bits per heavy atom. The van der Waals surface area contributed by atoms with Gasteiger partial charge < -0.3 is 14.4 Å². The van der Waals surface area contributed by atoms with E-state index in [0.717, 1.165) is 32.1 Å². The number of rotatable bonds is 5. The van der Waals surface area contributed by atoms with Gasteiger partial charge in [0.2, 0.25) is 11.8 Å². The Bertz CT molecular complexity index is 1580. The summed E-state index contributed by atoms with van der Waals surface area (Å²) in [4.78, 5) is 24.8. The predicted molar refractivity (Wildman–Crippen MR) is 157 cm³/mol. The van der Waals surface area contributed by atoms with Gasteiger partial charge in [-0.25, -0.2) is 14.4 Å². The van der Waals surface area contributed by atoms with Crippen molar-refractivity contribution in [2.45, 2.75) is 76.3 Å². The summed E-state index contributed by atoms with van der Waals surface area (Å²) in [5.74, 6) is 1.26. The quantitative estimate of drug-likeness (QED) is 0.453. The fraction of sp³-hybridized carbons (Fsp3) is 0.533. The van der Waals surface area contributed by atoms with Crippen molar-refractivity contribution in [3.63, 3.8) is 0 Å². The molecule has 0 aromatic carbocycles. The molecule has 3 aromatic rings. The van der Waals surface area contributed by atoms with Crippen molar-refractivity contribution in [1.82, 2.24) is 24.5 Å². The Morgan fingerprint density at radius 1 is 1.10 bits per heavy atom. The van der Waals surface area contributed by atoms with Gasteiger partial charge in [0.15, 0.2) is 10.8 Å². The molecule has 5 heterocycles. The van der Waals surface area contributed by atoms with Crippen LogP contribution in [0.15, 0.2) is 47.6 Å². The number of nitrogens with zero attached hydrogens (tertiary/aromatic N) is 5. The summed E-state index contributed by atoms with van der Waals surface area (Å²) in [6, 6.07) is 9.58. The van der Waals surface area contributed by atoms with E-state index in [9.17, 15) is 13.2 Å². The third-order valence-electron chi connectivity index (χ3n) is 8.64. The molecule has 11 nitrogen and oxygen atoms in total. The van der Waals surface area contributed by atoms with Crippen LogP contribution >= 0.6 is 0 Å². The smallest absolute Gasteiger partial charge is 0.281 e. The maximum Gasteiger partial charge on any atom is 0.281 e. The van der Waals surface area contributed by atoms with Crippen LogP contribution < -0.4 is 19.1 Å². The van der Waals surface area contributed by atoms with Crippen molar-refractivity contribution in [2.75, 3.05) is 24.7 Å². The zero-order valence-corrected chi connectivity index (χ0v) is 25.2. The normalized spacial score (nSPS) is 22.5. The molecule has 1 aliphatic carbocycles. The highest BCUT2D eigenvalue weighted by atomic mass is 32.2. The van der Waals surface area contributed by atoms with Crippen LogP contribution in [0.2, 0.25) is 0 Å². The van der Waals surface area contributed by atoms with Gasteiger partial charge in [-0.15, -0.1) is 5.10 Å². The number of anilines is 1. The number of hydrogen-bond donors (Lipinski definition) is 1. The number of hydrogen-bond acceptors (Lipinski definition) is 9. The molecule has 1 saturated heterocycles. The number of fused-ring (bicyclic) bond motifs is 6. The molecule has 1 unspecified atom stereocenters. The molecule has 224 valence electrons. The number of carbonyl (C=O) groups is 1. The summed E-state index contributed by atoms with van der Waals surface area (Å²) < 4.78 is 41.8. The van der Waals surface area contributed by atoms with Crippen LogP contribution in [-0.4, -0.2) is 59.4 Å². The third-order valence-corrected chi connectivity index (χ3v) is 9.87. The number of ether oxygens (including phenoxy) is 2. The molecule has 2 aliphatic heterocycles. The lowest BCUT2D eigenvalue weighted by molar-refractivity contribution is 0.0981. The maximum absolute atomic E-state index is 13.6. The Morgan fingerprint density at radius 2 is 1.93 bits per heavy atom. The summed E-state index contributed by atoms with van der Waals surface area (Å²) in [6.45, 7) is 8.27. The van der Waals surface area contributed by atoms with Crippen molar-refractivity contribution in [3.8, 4) is 17.6 Å². The van der Waals surface area contributed by atoms with Gasteiger partial charge in [-0.1, -0.05) is 13.0 Å². The minimum atomic E-state index is -4.27. The molecule has 42 heavy (non-hydrogen) atoms. The molecule has 0 spiro atoms. The Kier molecular flexibility index (Phi) is 7.36. The van der Waals surface area contributed by atoms with Gasteiger partial charge in [-0.05, 0) is 88.3 Å². The van der Waals surface area contributed by atoms with E-state index in [0.29, 0.717) is 48.6 Å². The zero-order valence-electron chi connectivity index (χ0n) is 24.4. The SMILES string of the molecule is CC1(CCOc2ccn(-c3ccc4c(n3)N3CC(CCCCOc5cccc(n5)S(=O)(=O)NC4=O)CC3(C)C)n2)CC1. The van der Waals surface area contributed by atoms with Crippen molar-refractivity contribution >= 4 is 21.7 Å². The van der Waals surface area contributed by atoms with Crippen LogP contribution in [0.1, 0.15) is 76.1 Å². The van der Waals surface area contributed by atoms with Gasteiger partial charge >= 0.3 is 0 Å². The predicted octanol–water partition coefficient (Wildman–Crippen LogP) is 4.52. The number of sulfonamides is 1. The highest BCUT2D eigenvalue weighted by molar-refractivity contribution is 7.90. The second-order valence-electron chi connectivity index (χ2n) is 12.6. The van der Waals surface area contributed by atoms with E-state index in [2.05, 4.69) is 40.5 Å². The van der Waals surface area contributed by atoms with Gasteiger partial charge in [-0.3, -0.25) is 4.79 Å². The Labute approximate surface area is 246 Å². The second-order valence-corrected chi connectivity index (χ2v) is 14.3. The lowest BCUT2D eigenvalue weighted by atomic mass is 9.93. The number of nitrogens with one attached hydrogen (secondary N) is 1. The lowest BCUT2D eigenvalue weighted by Crippen LogP contribution is -2.41. The van der Waals surface area contributed by atoms with E-state index >= 15 is 0 Å². The van der Waals surface area contributed by atoms with Crippen molar-refractivity contribution < 1.29 is 22.7 Å². The monoisotopic (exact) mass is 594 g/mol. The molecule has 1 amide bonds. The van der Waals surface area contributed by atoms with E-state index in [1.54, 1.807) is 41.2 Å². The topological polar surface area (TPSA) is 129 Å². The highest BCUT2D eigenvalue weighted by Gasteiger charge is 2.41. The summed E-state index contributed by atoms with van der Waals surface area (Å²) in [6.07, 6.45) is 8.96. The van der Waals surface area contributed by atoms with Crippen LogP contribution in [0.4, 0.5) is 5.82 Å². The largest absolute Gasteiger partial charge is 0.478 e. The van der Waals surface area contributed by atoms with Crippen LogP contribution in [0, 0.1) is 11.3 Å². The van der Waals surface area contributed by atoms with E-state index in [4.69, 9.17) is 14.5 Å². The first-order chi connectivity index (χ1) is 20.0. The summed E-state index contributed by atoms with van der Waals surface area (Å²) in [5.41, 5.74) is 0.254. The average Bonchev–Trinajstić information content (AvgIpc) is 3.34. The summed E-state index contributed by atoms with van der Waals surface area (Å²) in [5, 5.41) is 4.28. The van der Waals surface area contributed by atoms with Crippen molar-refractivity contribution in [3.05, 3.63) is 48.2 Å². The van der Waals surface area contributed by atoms with Crippen LogP contribution in [0.5, 0.6) is 11.8 Å². The van der Waals surface area contributed by atoms with E-state index in [1.165, 1.54) is 18.9 Å². The zero-order chi connectivity index (χ0) is 29.5. The summed E-state index contributed by atoms with van der Waals surface area (Å²) >= 11 is 0. The molecule has 1 N–H and O–H groups in total. The first-order valence-electron chi connectivity index (χ1n) is 14.7. The highest BCUT2D eigenvalue weighted by Crippen LogP contribution is 2.48. The lowest BCUT2D eigenvalue weighted by Gasteiger charge is -2.34. The van der Waals surface area contributed by atoms with E-state index in [1.807, 2.05) is 0 Å². The Hall–Kier alpha value is -3.67. The van der Waals surface area contributed by atoms with E-state index in [-0.39, 0.29) is 22.0 Å². The first-order valence-corrected chi connectivity index (χ1v) is 16.1. The van der Waals surface area contributed by atoms with Gasteiger partial charge in [0.1, 0.15) is 5.82 Å². The first kappa shape index (κ1) is 28.4. The minimum absolute atomic E-state index is 0.164. The molecule has 3 aliphatic rings. The van der Waals surface area contributed by atoms with E-state index < -0.39 is 15.9 Å². The third kappa shape index (κ3) is 6.08. The fourth-order valence-electron chi connectivity index (χ4n) is 5.85. The van der Waals surface area contributed by atoms with Gasteiger partial charge in [0.05, 0.1) is 18.8 Å². The Balaban J connectivity index is 1.34. The molecule has 1 atom stereocenters. The molecule has 0 radical (unpaired) electrons.